The zero-order chi connectivity index (χ0) is 20.2. The van der Waals surface area contributed by atoms with Crippen LogP contribution in [-0.2, 0) is 20.9 Å². The lowest BCUT2D eigenvalue weighted by molar-refractivity contribution is -0.135. The monoisotopic (exact) mass is 398 g/mol. The highest BCUT2D eigenvalue weighted by atomic mass is 16.5. The van der Waals surface area contributed by atoms with E-state index in [-0.39, 0.29) is 30.3 Å². The average Bonchev–Trinajstić information content (AvgIpc) is 3.13. The van der Waals surface area contributed by atoms with E-state index in [4.69, 9.17) is 9.72 Å². The molecule has 0 spiro atoms. The number of morpholine rings is 1. The van der Waals surface area contributed by atoms with Crippen molar-refractivity contribution in [1.82, 2.24) is 19.8 Å². The molecule has 1 aromatic heterocycles. The van der Waals surface area contributed by atoms with Crippen LogP contribution in [0.15, 0.2) is 24.3 Å². The van der Waals surface area contributed by atoms with Gasteiger partial charge in [-0.15, -0.1) is 0 Å². The summed E-state index contributed by atoms with van der Waals surface area (Å²) in [6.07, 6.45) is 5.39. The largest absolute Gasteiger partial charge is 0.378 e. The fourth-order valence-corrected chi connectivity index (χ4v) is 4.40. The van der Waals surface area contributed by atoms with Crippen molar-refractivity contribution in [3.8, 4) is 0 Å². The second-order valence-corrected chi connectivity index (χ2v) is 8.10. The van der Waals surface area contributed by atoms with E-state index < -0.39 is 0 Å². The third-order valence-corrected chi connectivity index (χ3v) is 6.06. The van der Waals surface area contributed by atoms with E-state index in [0.717, 1.165) is 42.5 Å². The predicted molar refractivity (Wildman–Crippen MR) is 110 cm³/mol. The van der Waals surface area contributed by atoms with Crippen molar-refractivity contribution in [3.05, 3.63) is 30.1 Å². The molecule has 1 atom stereocenters. The Balaban J connectivity index is 1.55. The fourth-order valence-electron chi connectivity index (χ4n) is 4.40. The molecule has 2 heterocycles. The van der Waals surface area contributed by atoms with Crippen LogP contribution in [0.3, 0.4) is 0 Å². The first kappa shape index (κ1) is 19.9. The number of carbonyl (C=O) groups excluding carboxylic acids is 2. The van der Waals surface area contributed by atoms with Crippen LogP contribution in [0.4, 0.5) is 0 Å². The molecule has 7 heteroatoms. The molecular weight excluding hydrogens is 368 g/mol. The topological polar surface area (TPSA) is 76.5 Å². The maximum absolute atomic E-state index is 12.9. The van der Waals surface area contributed by atoms with E-state index in [1.54, 1.807) is 0 Å². The number of para-hydroxylation sites is 2. The zero-order valence-electron chi connectivity index (χ0n) is 17.1. The zero-order valence-corrected chi connectivity index (χ0v) is 17.1. The summed E-state index contributed by atoms with van der Waals surface area (Å²) < 4.78 is 7.32. The van der Waals surface area contributed by atoms with Crippen molar-refractivity contribution in [1.29, 1.82) is 0 Å². The van der Waals surface area contributed by atoms with Crippen LogP contribution in [0.1, 0.15) is 50.9 Å². The Morgan fingerprint density at radius 3 is 2.66 bits per heavy atom. The smallest absolute Gasteiger partial charge is 0.242 e. The summed E-state index contributed by atoms with van der Waals surface area (Å²) in [4.78, 5) is 32.2. The van der Waals surface area contributed by atoms with Crippen LogP contribution >= 0.6 is 0 Å². The van der Waals surface area contributed by atoms with Crippen molar-refractivity contribution in [2.24, 2.45) is 5.92 Å². The fraction of sp³-hybridized carbons (Fsp3) is 0.591. The number of amides is 2. The van der Waals surface area contributed by atoms with Gasteiger partial charge in [-0.2, -0.15) is 0 Å². The lowest BCUT2D eigenvalue weighted by Crippen LogP contribution is -2.42. The van der Waals surface area contributed by atoms with Crippen LogP contribution in [0.2, 0.25) is 0 Å². The maximum Gasteiger partial charge on any atom is 0.242 e. The molecule has 2 amide bonds. The molecule has 1 aliphatic heterocycles. The number of rotatable bonds is 5. The summed E-state index contributed by atoms with van der Waals surface area (Å²) in [6, 6.07) is 7.57. The summed E-state index contributed by atoms with van der Waals surface area (Å²) in [6.45, 7) is 4.58. The molecule has 0 bridgehead atoms. The number of ether oxygens (including phenoxy) is 1. The molecule has 0 radical (unpaired) electrons. The molecule has 2 aliphatic rings. The number of carbonyl (C=O) groups is 2. The van der Waals surface area contributed by atoms with Gasteiger partial charge in [0, 0.05) is 19.0 Å². The molecule has 1 N–H and O–H groups in total. The number of hydrogen-bond donors (Lipinski definition) is 1. The van der Waals surface area contributed by atoms with Crippen LogP contribution in [0.25, 0.3) is 11.0 Å². The Kier molecular flexibility index (Phi) is 6.13. The summed E-state index contributed by atoms with van der Waals surface area (Å²) in [5.74, 6) is 0.995. The highest BCUT2D eigenvalue weighted by Gasteiger charge is 2.26. The predicted octanol–water partition coefficient (Wildman–Crippen LogP) is 2.65. The first-order valence-electron chi connectivity index (χ1n) is 10.7. The Labute approximate surface area is 171 Å². The van der Waals surface area contributed by atoms with E-state index in [2.05, 4.69) is 5.32 Å². The van der Waals surface area contributed by atoms with Gasteiger partial charge in [0.1, 0.15) is 12.4 Å². The van der Waals surface area contributed by atoms with Gasteiger partial charge in [0.05, 0.1) is 30.3 Å². The van der Waals surface area contributed by atoms with Gasteiger partial charge < -0.3 is 19.5 Å². The number of imidazole rings is 1. The summed E-state index contributed by atoms with van der Waals surface area (Å²) in [5.41, 5.74) is 1.76. The molecule has 1 unspecified atom stereocenters. The van der Waals surface area contributed by atoms with Gasteiger partial charge in [0.2, 0.25) is 11.8 Å². The summed E-state index contributed by atoms with van der Waals surface area (Å²) >= 11 is 0. The van der Waals surface area contributed by atoms with Gasteiger partial charge in [0.25, 0.3) is 0 Å². The molecule has 1 aromatic carbocycles. The number of hydrogen-bond acceptors (Lipinski definition) is 4. The number of nitrogens with zero attached hydrogens (tertiary/aromatic N) is 3. The molecule has 29 heavy (non-hydrogen) atoms. The summed E-state index contributed by atoms with van der Waals surface area (Å²) in [7, 11) is 0. The number of aromatic nitrogens is 2. The van der Waals surface area contributed by atoms with E-state index in [1.165, 1.54) is 6.42 Å². The van der Waals surface area contributed by atoms with Gasteiger partial charge in [0.15, 0.2) is 0 Å². The van der Waals surface area contributed by atoms with E-state index >= 15 is 0 Å². The van der Waals surface area contributed by atoms with Gasteiger partial charge in [-0.05, 0) is 31.9 Å². The first-order chi connectivity index (χ1) is 14.1. The Bertz CT molecular complexity index is 866. The first-order valence-corrected chi connectivity index (χ1v) is 10.7. The lowest BCUT2D eigenvalue weighted by atomic mass is 9.88. The van der Waals surface area contributed by atoms with Gasteiger partial charge in [-0.3, -0.25) is 9.59 Å². The van der Waals surface area contributed by atoms with Crippen molar-refractivity contribution < 1.29 is 14.3 Å². The Morgan fingerprint density at radius 2 is 1.90 bits per heavy atom. The number of fused-ring (bicyclic) bond motifs is 1. The van der Waals surface area contributed by atoms with Crippen molar-refractivity contribution >= 4 is 22.8 Å². The molecule has 2 fully saturated rings. The standard InChI is InChI=1S/C22H30N4O3/c1-16(23-22(28)17-7-3-2-4-8-17)21-24-18-9-5-6-10-19(18)26(21)15-20(27)25-11-13-29-14-12-25/h5-6,9-10,16-17H,2-4,7-8,11-15H2,1H3,(H,23,28). The van der Waals surface area contributed by atoms with Gasteiger partial charge in [-0.1, -0.05) is 31.4 Å². The molecule has 1 saturated heterocycles. The van der Waals surface area contributed by atoms with Gasteiger partial charge >= 0.3 is 0 Å². The maximum atomic E-state index is 12.9. The molecule has 1 saturated carbocycles. The van der Waals surface area contributed by atoms with Crippen LogP contribution in [0.5, 0.6) is 0 Å². The van der Waals surface area contributed by atoms with Crippen LogP contribution < -0.4 is 5.32 Å². The van der Waals surface area contributed by atoms with Crippen molar-refractivity contribution in [3.63, 3.8) is 0 Å². The number of nitrogens with one attached hydrogen (secondary N) is 1. The molecular formula is C22H30N4O3. The normalized spacial score (nSPS) is 19.3. The average molecular weight is 399 g/mol. The highest BCUT2D eigenvalue weighted by molar-refractivity contribution is 5.82. The van der Waals surface area contributed by atoms with E-state index in [0.29, 0.717) is 26.3 Å². The minimum absolute atomic E-state index is 0.0588. The lowest BCUT2D eigenvalue weighted by Gasteiger charge is -2.28. The minimum Gasteiger partial charge on any atom is -0.378 e. The minimum atomic E-state index is -0.255. The second kappa shape index (κ2) is 8.95. The van der Waals surface area contributed by atoms with Gasteiger partial charge in [-0.25, -0.2) is 4.98 Å². The number of benzene rings is 1. The third-order valence-electron chi connectivity index (χ3n) is 6.06. The molecule has 7 nitrogen and oxygen atoms in total. The quantitative estimate of drug-likeness (QED) is 0.840. The van der Waals surface area contributed by atoms with Crippen LogP contribution in [-0.4, -0.2) is 52.6 Å². The highest BCUT2D eigenvalue weighted by Crippen LogP contribution is 2.26. The van der Waals surface area contributed by atoms with Crippen molar-refractivity contribution in [2.45, 2.75) is 51.6 Å². The van der Waals surface area contributed by atoms with E-state index in [9.17, 15) is 9.59 Å². The van der Waals surface area contributed by atoms with E-state index in [1.807, 2.05) is 40.7 Å². The summed E-state index contributed by atoms with van der Waals surface area (Å²) in [5, 5.41) is 3.15. The van der Waals surface area contributed by atoms with Crippen LogP contribution in [0, 0.1) is 5.92 Å². The van der Waals surface area contributed by atoms with Crippen molar-refractivity contribution in [2.75, 3.05) is 26.3 Å². The molecule has 2 aromatic rings. The molecule has 1 aliphatic carbocycles. The third kappa shape index (κ3) is 4.45. The second-order valence-electron chi connectivity index (χ2n) is 8.10. The Hall–Kier alpha value is -2.41. The SMILES string of the molecule is CC(NC(=O)C1CCCCC1)c1nc2ccccc2n1CC(=O)N1CCOCC1. The Morgan fingerprint density at radius 1 is 1.17 bits per heavy atom. The molecule has 4 rings (SSSR count). The molecule has 156 valence electrons.